The number of benzene rings is 2. The maximum absolute atomic E-state index is 13.7. The summed E-state index contributed by atoms with van der Waals surface area (Å²) < 4.78 is 38.8. The zero-order chi connectivity index (χ0) is 25.7. The molecule has 194 valence electrons. The molecule has 1 heterocycles. The number of ether oxygens (including phenoxy) is 2. The summed E-state index contributed by atoms with van der Waals surface area (Å²) >= 11 is 0. The zero-order valence-corrected chi connectivity index (χ0v) is 21.1. The first-order valence-corrected chi connectivity index (χ1v) is 13.8. The van der Waals surface area contributed by atoms with Gasteiger partial charge in [-0.05, 0) is 62.3 Å². The molecule has 2 N–H and O–H groups in total. The highest BCUT2D eigenvalue weighted by Gasteiger charge is 2.35. The van der Waals surface area contributed by atoms with E-state index in [1.165, 1.54) is 30.8 Å². The lowest BCUT2D eigenvalue weighted by molar-refractivity contribution is -0.129. The third-order valence-electron chi connectivity index (χ3n) is 6.85. The largest absolute Gasteiger partial charge is 0.493 e. The number of carbonyl (C=O) groups is 2. The number of fused-ring (bicyclic) bond motifs is 1. The summed E-state index contributed by atoms with van der Waals surface area (Å²) in [5, 5.41) is 7.70. The maximum atomic E-state index is 13.7. The number of anilines is 1. The number of methoxy groups -OCH3 is 1. The Bertz CT molecular complexity index is 1210. The van der Waals surface area contributed by atoms with Crippen LogP contribution in [0.2, 0.25) is 0 Å². The molecule has 10 heteroatoms. The van der Waals surface area contributed by atoms with E-state index in [-0.39, 0.29) is 11.0 Å². The van der Waals surface area contributed by atoms with E-state index >= 15 is 0 Å². The van der Waals surface area contributed by atoms with Crippen LogP contribution in [-0.4, -0.2) is 50.4 Å². The first-order chi connectivity index (χ1) is 17.3. The quantitative estimate of drug-likeness (QED) is 0.387. The second-order valence-electron chi connectivity index (χ2n) is 9.22. The fourth-order valence-electron chi connectivity index (χ4n) is 4.95. The second-order valence-corrected chi connectivity index (χ2v) is 11.5. The van der Waals surface area contributed by atoms with Crippen molar-refractivity contribution < 1.29 is 32.7 Å². The Balaban J connectivity index is 1.62. The number of nitrogens with zero attached hydrogens (tertiary/aromatic N) is 1. The first-order valence-electron chi connectivity index (χ1n) is 12.2. The fourth-order valence-corrected chi connectivity index (χ4v) is 6.59. The van der Waals surface area contributed by atoms with Gasteiger partial charge in [-0.2, -0.15) is 0 Å². The predicted octanol–water partition coefficient (Wildman–Crippen LogP) is 3.42. The summed E-state index contributed by atoms with van der Waals surface area (Å²) in [6, 6.07) is 11.8. The van der Waals surface area contributed by atoms with E-state index in [0.717, 1.165) is 49.8 Å². The Hall–Kier alpha value is -3.11. The fraction of sp³-hybridized carbons (Fsp3) is 0.462. The van der Waals surface area contributed by atoms with Gasteiger partial charge in [0.05, 0.1) is 23.4 Å². The molecular formula is C26H32N2O7S. The van der Waals surface area contributed by atoms with Crippen LogP contribution in [0.15, 0.2) is 47.4 Å². The summed E-state index contributed by atoms with van der Waals surface area (Å²) in [5.41, 5.74) is 3.27. The lowest BCUT2D eigenvalue weighted by atomic mass is 10.0. The molecule has 2 aromatic rings. The SMILES string of the molecule is COc1ccc(S(=O)(=O)C(CC(=O)NO)CC(=O)N2CCCc3ccccc32)cc1OC1CCCC1. The molecule has 1 aliphatic heterocycles. The van der Waals surface area contributed by atoms with E-state index in [9.17, 15) is 18.0 Å². The molecule has 1 unspecified atom stereocenters. The number of carbonyl (C=O) groups excluding carboxylic acids is 2. The van der Waals surface area contributed by atoms with Gasteiger partial charge in [0.1, 0.15) is 0 Å². The minimum atomic E-state index is -4.15. The molecule has 1 aliphatic carbocycles. The van der Waals surface area contributed by atoms with Crippen molar-refractivity contribution in [1.82, 2.24) is 5.48 Å². The Labute approximate surface area is 211 Å². The molecule has 0 bridgehead atoms. The van der Waals surface area contributed by atoms with Gasteiger partial charge in [-0.25, -0.2) is 13.9 Å². The third-order valence-corrected chi connectivity index (χ3v) is 8.97. The van der Waals surface area contributed by atoms with Crippen LogP contribution in [0.25, 0.3) is 0 Å². The lowest BCUT2D eigenvalue weighted by Crippen LogP contribution is -2.40. The summed E-state index contributed by atoms with van der Waals surface area (Å²) in [6.45, 7) is 0.469. The number of aryl methyl sites for hydroxylation is 1. The summed E-state index contributed by atoms with van der Waals surface area (Å²) in [4.78, 5) is 26.9. The molecule has 0 radical (unpaired) electrons. The molecule has 2 aromatic carbocycles. The van der Waals surface area contributed by atoms with Crippen molar-refractivity contribution in [2.45, 2.75) is 67.6 Å². The average molecular weight is 517 g/mol. The van der Waals surface area contributed by atoms with Crippen LogP contribution < -0.4 is 19.9 Å². The molecule has 2 amide bonds. The number of hydrogen-bond donors (Lipinski definition) is 2. The Morgan fingerprint density at radius 1 is 1.08 bits per heavy atom. The van der Waals surface area contributed by atoms with Gasteiger partial charge >= 0.3 is 0 Å². The molecule has 1 fully saturated rings. The van der Waals surface area contributed by atoms with Crippen molar-refractivity contribution in [1.29, 1.82) is 0 Å². The number of sulfone groups is 1. The maximum Gasteiger partial charge on any atom is 0.244 e. The molecule has 9 nitrogen and oxygen atoms in total. The molecule has 0 saturated heterocycles. The highest BCUT2D eigenvalue weighted by atomic mass is 32.2. The van der Waals surface area contributed by atoms with Crippen LogP contribution in [0, 0.1) is 0 Å². The Kier molecular flexibility index (Phi) is 8.15. The van der Waals surface area contributed by atoms with Crippen LogP contribution in [0.3, 0.4) is 0 Å². The van der Waals surface area contributed by atoms with E-state index in [1.807, 2.05) is 24.3 Å². The van der Waals surface area contributed by atoms with E-state index < -0.39 is 39.7 Å². The molecule has 2 aliphatic rings. The Morgan fingerprint density at radius 2 is 1.83 bits per heavy atom. The topological polar surface area (TPSA) is 122 Å². The van der Waals surface area contributed by atoms with Crippen LogP contribution in [0.5, 0.6) is 11.5 Å². The van der Waals surface area contributed by atoms with Gasteiger partial charge in [0.15, 0.2) is 21.3 Å². The summed E-state index contributed by atoms with van der Waals surface area (Å²) in [7, 11) is -2.67. The van der Waals surface area contributed by atoms with E-state index in [1.54, 1.807) is 4.90 Å². The van der Waals surface area contributed by atoms with Gasteiger partial charge in [0.25, 0.3) is 0 Å². The second kappa shape index (κ2) is 11.3. The van der Waals surface area contributed by atoms with E-state index in [4.69, 9.17) is 14.7 Å². The average Bonchev–Trinajstić information content (AvgIpc) is 3.40. The van der Waals surface area contributed by atoms with Crippen molar-refractivity contribution in [3.63, 3.8) is 0 Å². The van der Waals surface area contributed by atoms with Crippen molar-refractivity contribution in [3.05, 3.63) is 48.0 Å². The van der Waals surface area contributed by atoms with Gasteiger partial charge in [-0.15, -0.1) is 0 Å². The monoisotopic (exact) mass is 516 g/mol. The molecule has 0 spiro atoms. The smallest absolute Gasteiger partial charge is 0.244 e. The number of para-hydroxylation sites is 1. The van der Waals surface area contributed by atoms with E-state index in [2.05, 4.69) is 0 Å². The standard InChI is InChI=1S/C26H32N2O7S/c1-34-23-13-12-20(15-24(23)35-19-9-3-4-10-19)36(32,33)21(16-25(29)27-31)17-26(30)28-14-6-8-18-7-2-5-11-22(18)28/h2,5,7,11-13,15,19,21,31H,3-4,6,8-10,14,16-17H2,1H3,(H,27,29). The molecule has 0 aromatic heterocycles. The number of rotatable bonds is 9. The zero-order valence-electron chi connectivity index (χ0n) is 20.3. The molecular weight excluding hydrogens is 484 g/mol. The molecule has 1 atom stereocenters. The number of hydrogen-bond acceptors (Lipinski definition) is 7. The van der Waals surface area contributed by atoms with Gasteiger partial charge in [0, 0.05) is 31.1 Å². The third kappa shape index (κ3) is 5.65. The number of hydroxylamine groups is 1. The van der Waals surface area contributed by atoms with Crippen LogP contribution >= 0.6 is 0 Å². The first kappa shape index (κ1) is 26.0. The number of amides is 2. The van der Waals surface area contributed by atoms with Gasteiger partial charge in [-0.3, -0.25) is 14.8 Å². The molecule has 36 heavy (non-hydrogen) atoms. The van der Waals surface area contributed by atoms with Crippen molar-refractivity contribution in [2.24, 2.45) is 0 Å². The Morgan fingerprint density at radius 3 is 2.56 bits per heavy atom. The minimum absolute atomic E-state index is 0.0198. The van der Waals surface area contributed by atoms with Crippen LogP contribution in [-0.2, 0) is 25.8 Å². The predicted molar refractivity (Wildman–Crippen MR) is 133 cm³/mol. The molecule has 4 rings (SSSR count). The van der Waals surface area contributed by atoms with Crippen molar-refractivity contribution >= 4 is 27.3 Å². The van der Waals surface area contributed by atoms with Crippen molar-refractivity contribution in [2.75, 3.05) is 18.6 Å². The normalized spacial score (nSPS) is 16.8. The van der Waals surface area contributed by atoms with Gasteiger partial charge in [0.2, 0.25) is 11.8 Å². The number of nitrogens with one attached hydrogen (secondary N) is 1. The van der Waals surface area contributed by atoms with E-state index in [0.29, 0.717) is 18.0 Å². The van der Waals surface area contributed by atoms with Crippen molar-refractivity contribution in [3.8, 4) is 11.5 Å². The summed E-state index contributed by atoms with van der Waals surface area (Å²) in [6.07, 6.45) is 4.46. The lowest BCUT2D eigenvalue weighted by Gasteiger charge is -2.30. The van der Waals surface area contributed by atoms with Gasteiger partial charge in [-0.1, -0.05) is 18.2 Å². The van der Waals surface area contributed by atoms with Crippen LogP contribution in [0.4, 0.5) is 5.69 Å². The highest BCUT2D eigenvalue weighted by molar-refractivity contribution is 7.92. The summed E-state index contributed by atoms with van der Waals surface area (Å²) in [5.74, 6) is -0.553. The van der Waals surface area contributed by atoms with Gasteiger partial charge < -0.3 is 14.4 Å². The van der Waals surface area contributed by atoms with Crippen LogP contribution in [0.1, 0.15) is 50.5 Å². The molecule has 1 saturated carbocycles. The highest BCUT2D eigenvalue weighted by Crippen LogP contribution is 2.36. The minimum Gasteiger partial charge on any atom is -0.493 e.